The van der Waals surface area contributed by atoms with Crippen molar-refractivity contribution in [3.8, 4) is 5.75 Å². The van der Waals surface area contributed by atoms with E-state index in [1.807, 2.05) is 24.3 Å². The Bertz CT molecular complexity index is 917. The van der Waals surface area contributed by atoms with Crippen molar-refractivity contribution in [1.29, 1.82) is 0 Å². The Balaban J connectivity index is 1.61. The van der Waals surface area contributed by atoms with Gasteiger partial charge in [0.1, 0.15) is 11.4 Å². The van der Waals surface area contributed by atoms with Gasteiger partial charge in [0, 0.05) is 17.7 Å². The molecule has 0 saturated carbocycles. The van der Waals surface area contributed by atoms with Crippen LogP contribution in [0.5, 0.6) is 5.75 Å². The molecule has 0 fully saturated rings. The molecule has 0 saturated heterocycles. The van der Waals surface area contributed by atoms with E-state index in [1.165, 1.54) is 7.11 Å². The van der Waals surface area contributed by atoms with Gasteiger partial charge in [-0.15, -0.1) is 0 Å². The zero-order valence-corrected chi connectivity index (χ0v) is 16.0. The van der Waals surface area contributed by atoms with Crippen molar-refractivity contribution in [2.24, 2.45) is 0 Å². The van der Waals surface area contributed by atoms with Gasteiger partial charge in [-0.25, -0.2) is 9.59 Å². The number of ether oxygens (including phenoxy) is 3. The summed E-state index contributed by atoms with van der Waals surface area (Å²) >= 11 is 0. The Labute approximate surface area is 162 Å². The molecule has 28 heavy (non-hydrogen) atoms. The summed E-state index contributed by atoms with van der Waals surface area (Å²) in [7, 11) is 1.27. The fourth-order valence-corrected chi connectivity index (χ4v) is 3.29. The molecule has 1 atom stereocenters. The van der Waals surface area contributed by atoms with Crippen molar-refractivity contribution < 1.29 is 28.6 Å². The van der Waals surface area contributed by atoms with Crippen LogP contribution in [0.15, 0.2) is 24.3 Å². The highest BCUT2D eigenvalue weighted by atomic mass is 16.5. The lowest BCUT2D eigenvalue weighted by molar-refractivity contribution is -0.125. The minimum absolute atomic E-state index is 0.127. The van der Waals surface area contributed by atoms with E-state index >= 15 is 0 Å². The van der Waals surface area contributed by atoms with Gasteiger partial charge in [0.15, 0.2) is 6.61 Å². The number of fused-ring (bicyclic) bond motifs is 1. The summed E-state index contributed by atoms with van der Waals surface area (Å²) in [5, 5.41) is 2.86. The average molecular weight is 386 g/mol. The first kappa shape index (κ1) is 19.5. The zero-order valence-electron chi connectivity index (χ0n) is 16.0. The van der Waals surface area contributed by atoms with Crippen molar-refractivity contribution in [2.45, 2.75) is 26.3 Å². The highest BCUT2D eigenvalue weighted by Crippen LogP contribution is 2.31. The van der Waals surface area contributed by atoms with Gasteiger partial charge in [0.05, 0.1) is 25.3 Å². The monoisotopic (exact) mass is 386 g/mol. The Morgan fingerprint density at radius 3 is 2.71 bits per heavy atom. The number of H-pyrrole nitrogens is 1. The van der Waals surface area contributed by atoms with Crippen LogP contribution in [0.3, 0.4) is 0 Å². The highest BCUT2D eigenvalue weighted by Gasteiger charge is 2.25. The quantitative estimate of drug-likeness (QED) is 0.763. The van der Waals surface area contributed by atoms with Gasteiger partial charge in [-0.3, -0.25) is 4.79 Å². The van der Waals surface area contributed by atoms with Gasteiger partial charge >= 0.3 is 11.9 Å². The maximum absolute atomic E-state index is 12.3. The van der Waals surface area contributed by atoms with Crippen LogP contribution >= 0.6 is 0 Å². The lowest BCUT2D eigenvalue weighted by Gasteiger charge is -2.26. The summed E-state index contributed by atoms with van der Waals surface area (Å²) in [5.41, 5.74) is 2.24. The van der Waals surface area contributed by atoms with Gasteiger partial charge in [-0.2, -0.15) is 0 Å². The lowest BCUT2D eigenvalue weighted by atomic mass is 10.0. The number of benzene rings is 1. The maximum atomic E-state index is 12.3. The predicted molar refractivity (Wildman–Crippen MR) is 99.3 cm³/mol. The number of esters is 2. The third kappa shape index (κ3) is 3.85. The maximum Gasteiger partial charge on any atom is 0.355 e. The number of methoxy groups -OCH3 is 1. The largest absolute Gasteiger partial charge is 0.493 e. The number of amides is 1. The number of nitrogens with one attached hydrogen (secondary N) is 2. The second-order valence-corrected chi connectivity index (χ2v) is 6.49. The van der Waals surface area contributed by atoms with Crippen molar-refractivity contribution in [1.82, 2.24) is 10.3 Å². The number of rotatable bonds is 5. The smallest absolute Gasteiger partial charge is 0.355 e. The first-order valence-electron chi connectivity index (χ1n) is 8.88. The van der Waals surface area contributed by atoms with E-state index in [1.54, 1.807) is 13.8 Å². The molecule has 3 rings (SSSR count). The predicted octanol–water partition coefficient (Wildman–Crippen LogP) is 2.21. The number of hydrogen-bond acceptors (Lipinski definition) is 6. The second kappa shape index (κ2) is 8.16. The average Bonchev–Trinajstić information content (AvgIpc) is 3.00. The summed E-state index contributed by atoms with van der Waals surface area (Å²) in [6, 6.07) is 7.29. The first-order chi connectivity index (χ1) is 13.4. The number of para-hydroxylation sites is 1. The van der Waals surface area contributed by atoms with Gasteiger partial charge in [-0.05, 0) is 25.5 Å². The fourth-order valence-electron chi connectivity index (χ4n) is 3.29. The number of hydrogen-bond donors (Lipinski definition) is 2. The summed E-state index contributed by atoms with van der Waals surface area (Å²) in [5.74, 6) is -0.924. The number of aromatic amines is 1. The third-order valence-corrected chi connectivity index (χ3v) is 4.66. The van der Waals surface area contributed by atoms with Crippen LogP contribution in [-0.2, 0) is 14.3 Å². The van der Waals surface area contributed by atoms with Crippen LogP contribution in [0.4, 0.5) is 0 Å². The standard InChI is InChI=1S/C20H22N2O6/c1-11-17(19(24)26-3)12(2)21-18(11)20(25)28-10-16(23)22-14-8-9-27-15-7-5-4-6-13(14)15/h4-7,14,21H,8-10H2,1-3H3,(H,22,23). The summed E-state index contributed by atoms with van der Waals surface area (Å²) in [4.78, 5) is 39.2. The Morgan fingerprint density at radius 2 is 1.96 bits per heavy atom. The minimum Gasteiger partial charge on any atom is -0.493 e. The second-order valence-electron chi connectivity index (χ2n) is 6.49. The van der Waals surface area contributed by atoms with Crippen molar-refractivity contribution >= 4 is 17.8 Å². The van der Waals surface area contributed by atoms with Crippen LogP contribution in [0.2, 0.25) is 0 Å². The van der Waals surface area contributed by atoms with E-state index in [0.717, 1.165) is 11.3 Å². The summed E-state index contributed by atoms with van der Waals surface area (Å²) < 4.78 is 15.4. The lowest BCUT2D eigenvalue weighted by Crippen LogP contribution is -2.35. The van der Waals surface area contributed by atoms with E-state index in [-0.39, 0.29) is 17.3 Å². The van der Waals surface area contributed by atoms with Crippen LogP contribution < -0.4 is 10.1 Å². The molecule has 2 heterocycles. The van der Waals surface area contributed by atoms with E-state index < -0.39 is 24.5 Å². The minimum atomic E-state index is -0.710. The molecule has 1 unspecified atom stereocenters. The fraction of sp³-hybridized carbons (Fsp3) is 0.350. The molecule has 0 bridgehead atoms. The molecule has 2 N–H and O–H groups in total. The molecule has 2 aromatic rings. The van der Waals surface area contributed by atoms with Crippen molar-refractivity contribution in [3.05, 3.63) is 52.3 Å². The summed E-state index contributed by atoms with van der Waals surface area (Å²) in [6.07, 6.45) is 0.633. The van der Waals surface area contributed by atoms with E-state index in [0.29, 0.717) is 24.3 Å². The zero-order chi connectivity index (χ0) is 20.3. The highest BCUT2D eigenvalue weighted by molar-refractivity contribution is 5.99. The molecule has 0 spiro atoms. The van der Waals surface area contributed by atoms with E-state index in [9.17, 15) is 14.4 Å². The SMILES string of the molecule is COC(=O)c1c(C)[nH]c(C(=O)OCC(=O)NC2CCOc3ccccc32)c1C. The topological polar surface area (TPSA) is 107 Å². The van der Waals surface area contributed by atoms with Crippen LogP contribution in [0, 0.1) is 13.8 Å². The Kier molecular flexibility index (Phi) is 5.67. The van der Waals surface area contributed by atoms with Crippen molar-refractivity contribution in [3.63, 3.8) is 0 Å². The molecule has 1 aliphatic heterocycles. The number of aromatic nitrogens is 1. The van der Waals surface area contributed by atoms with Gasteiger partial charge in [-0.1, -0.05) is 18.2 Å². The van der Waals surface area contributed by atoms with Gasteiger partial charge < -0.3 is 24.5 Å². The molecule has 1 amide bonds. The molecule has 0 radical (unpaired) electrons. The molecule has 8 nitrogen and oxygen atoms in total. The number of carbonyl (C=O) groups is 3. The normalized spacial score (nSPS) is 15.2. The molecular weight excluding hydrogens is 364 g/mol. The van der Waals surface area contributed by atoms with E-state index in [2.05, 4.69) is 10.3 Å². The molecule has 8 heteroatoms. The molecule has 1 aromatic carbocycles. The molecule has 1 aliphatic rings. The molecular formula is C20H22N2O6. The van der Waals surface area contributed by atoms with E-state index in [4.69, 9.17) is 14.2 Å². The van der Waals surface area contributed by atoms with Gasteiger partial charge in [0.2, 0.25) is 0 Å². The molecule has 1 aromatic heterocycles. The van der Waals surface area contributed by atoms with Crippen LogP contribution in [-0.4, -0.2) is 43.2 Å². The summed E-state index contributed by atoms with van der Waals surface area (Å²) in [6.45, 7) is 3.35. The third-order valence-electron chi connectivity index (χ3n) is 4.66. The van der Waals surface area contributed by atoms with Crippen LogP contribution in [0.1, 0.15) is 50.1 Å². The van der Waals surface area contributed by atoms with Crippen molar-refractivity contribution in [2.75, 3.05) is 20.3 Å². The number of aryl methyl sites for hydroxylation is 1. The molecule has 148 valence electrons. The first-order valence-corrected chi connectivity index (χ1v) is 8.88. The number of carbonyl (C=O) groups excluding carboxylic acids is 3. The van der Waals surface area contributed by atoms with Crippen LogP contribution in [0.25, 0.3) is 0 Å². The van der Waals surface area contributed by atoms with Gasteiger partial charge in [0.25, 0.3) is 5.91 Å². The Morgan fingerprint density at radius 1 is 1.21 bits per heavy atom. The molecule has 0 aliphatic carbocycles. The Hall–Kier alpha value is -3.29.